The van der Waals surface area contributed by atoms with Gasteiger partial charge in [0, 0.05) is 30.6 Å². The Kier molecular flexibility index (Phi) is 6.75. The number of carbonyl (C=O) groups excluding carboxylic acids is 2. The van der Waals surface area contributed by atoms with E-state index in [1.165, 1.54) is 0 Å². The third-order valence-electron chi connectivity index (χ3n) is 5.41. The lowest BCUT2D eigenvalue weighted by molar-refractivity contribution is -0.126. The highest BCUT2D eigenvalue weighted by molar-refractivity contribution is 5.95. The predicted molar refractivity (Wildman–Crippen MR) is 111 cm³/mol. The summed E-state index contributed by atoms with van der Waals surface area (Å²) in [5, 5.41) is 3.10. The van der Waals surface area contributed by atoms with Gasteiger partial charge >= 0.3 is 0 Å². The van der Waals surface area contributed by atoms with E-state index in [-0.39, 0.29) is 23.8 Å². The van der Waals surface area contributed by atoms with Gasteiger partial charge in [0.2, 0.25) is 5.91 Å². The first-order valence-corrected chi connectivity index (χ1v) is 9.89. The Hall–Kier alpha value is -3.02. The number of ether oxygens (including phenoxy) is 2. The summed E-state index contributed by atoms with van der Waals surface area (Å²) < 4.78 is 10.5. The molecule has 29 heavy (non-hydrogen) atoms. The fourth-order valence-electron chi connectivity index (χ4n) is 3.61. The summed E-state index contributed by atoms with van der Waals surface area (Å²) in [5.41, 5.74) is 1.61. The Morgan fingerprint density at radius 2 is 1.59 bits per heavy atom. The fourth-order valence-corrected chi connectivity index (χ4v) is 3.61. The van der Waals surface area contributed by atoms with Crippen molar-refractivity contribution in [2.75, 3.05) is 27.3 Å². The van der Waals surface area contributed by atoms with Gasteiger partial charge in [-0.15, -0.1) is 0 Å². The third-order valence-corrected chi connectivity index (χ3v) is 5.41. The molecule has 0 aliphatic carbocycles. The number of nitrogens with zero attached hydrogens (tertiary/aromatic N) is 1. The molecule has 0 bridgehead atoms. The molecule has 0 radical (unpaired) electrons. The Balaban J connectivity index is 1.57. The number of methoxy groups -OCH3 is 2. The molecule has 1 saturated heterocycles. The highest BCUT2D eigenvalue weighted by atomic mass is 16.5. The molecule has 6 nitrogen and oxygen atoms in total. The molecule has 0 aromatic heterocycles. The average molecular weight is 396 g/mol. The summed E-state index contributed by atoms with van der Waals surface area (Å²) in [6.45, 7) is 3.09. The number of rotatable bonds is 6. The number of nitrogens with one attached hydrogen (secondary N) is 1. The maximum Gasteiger partial charge on any atom is 0.254 e. The smallest absolute Gasteiger partial charge is 0.254 e. The van der Waals surface area contributed by atoms with E-state index >= 15 is 0 Å². The van der Waals surface area contributed by atoms with Gasteiger partial charge in [0.05, 0.1) is 20.3 Å². The maximum absolute atomic E-state index is 12.9. The highest BCUT2D eigenvalue weighted by Gasteiger charge is 2.29. The van der Waals surface area contributed by atoms with Crippen LogP contribution in [0.4, 0.5) is 0 Å². The minimum Gasteiger partial charge on any atom is -0.497 e. The van der Waals surface area contributed by atoms with Crippen LogP contribution >= 0.6 is 0 Å². The fraction of sp³-hybridized carbons (Fsp3) is 0.391. The van der Waals surface area contributed by atoms with Crippen LogP contribution in [0.25, 0.3) is 0 Å². The van der Waals surface area contributed by atoms with Crippen molar-refractivity contribution in [2.45, 2.75) is 25.8 Å². The Morgan fingerprint density at radius 1 is 1.00 bits per heavy atom. The first-order valence-electron chi connectivity index (χ1n) is 9.89. The summed E-state index contributed by atoms with van der Waals surface area (Å²) in [6.07, 6.45) is 1.31. The average Bonchev–Trinajstić information content (AvgIpc) is 2.78. The topological polar surface area (TPSA) is 67.9 Å². The monoisotopic (exact) mass is 396 g/mol. The molecule has 1 fully saturated rings. The zero-order valence-corrected chi connectivity index (χ0v) is 17.2. The molecular formula is C23H28N2O4. The number of likely N-dealkylation sites (tertiary alicyclic amines) is 1. The molecule has 1 N–H and O–H groups in total. The van der Waals surface area contributed by atoms with E-state index in [2.05, 4.69) is 5.32 Å². The van der Waals surface area contributed by atoms with E-state index < -0.39 is 0 Å². The van der Waals surface area contributed by atoms with Crippen molar-refractivity contribution in [3.63, 3.8) is 0 Å². The van der Waals surface area contributed by atoms with Crippen LogP contribution in [0.5, 0.6) is 11.5 Å². The molecule has 0 spiro atoms. The molecule has 1 aliphatic rings. The molecule has 2 amide bonds. The Bertz CT molecular complexity index is 823. The molecule has 3 rings (SSSR count). The van der Waals surface area contributed by atoms with Gasteiger partial charge in [0.15, 0.2) is 0 Å². The van der Waals surface area contributed by atoms with Crippen molar-refractivity contribution >= 4 is 11.8 Å². The van der Waals surface area contributed by atoms with Crippen molar-refractivity contribution in [2.24, 2.45) is 5.92 Å². The van der Waals surface area contributed by atoms with Gasteiger partial charge in [-0.05, 0) is 37.5 Å². The van der Waals surface area contributed by atoms with E-state index in [0.717, 1.165) is 5.56 Å². The van der Waals surface area contributed by atoms with E-state index in [9.17, 15) is 9.59 Å². The molecule has 1 aliphatic heterocycles. The number of amides is 2. The van der Waals surface area contributed by atoms with Crippen molar-refractivity contribution in [3.8, 4) is 11.5 Å². The van der Waals surface area contributed by atoms with E-state index in [4.69, 9.17) is 9.47 Å². The van der Waals surface area contributed by atoms with Crippen LogP contribution in [-0.2, 0) is 4.79 Å². The van der Waals surface area contributed by atoms with Gasteiger partial charge in [0.25, 0.3) is 5.91 Å². The summed E-state index contributed by atoms with van der Waals surface area (Å²) >= 11 is 0. The standard InChI is InChI=1S/C23H28N2O4/c1-16(17-7-5-4-6-8-17)24-22(26)18-9-11-25(12-10-18)23(27)19-13-20(28-2)15-21(14-19)29-3/h4-8,13-16,18H,9-12H2,1-3H3,(H,24,26)/t16-/m0/s1. The van der Waals surface area contributed by atoms with E-state index in [1.807, 2.05) is 37.3 Å². The minimum atomic E-state index is -0.0787. The summed E-state index contributed by atoms with van der Waals surface area (Å²) in [7, 11) is 3.12. The number of carbonyl (C=O) groups is 2. The lowest BCUT2D eigenvalue weighted by Crippen LogP contribution is -2.43. The minimum absolute atomic E-state index is 0.0346. The first-order chi connectivity index (χ1) is 14.0. The zero-order valence-electron chi connectivity index (χ0n) is 17.2. The van der Waals surface area contributed by atoms with Crippen LogP contribution in [0.1, 0.15) is 41.7 Å². The summed E-state index contributed by atoms with van der Waals surface area (Å²) in [5.74, 6) is 1.06. The zero-order chi connectivity index (χ0) is 20.8. The predicted octanol–water partition coefficient (Wildman–Crippen LogP) is 3.43. The quantitative estimate of drug-likeness (QED) is 0.812. The normalized spacial score (nSPS) is 15.5. The van der Waals surface area contributed by atoms with Crippen molar-refractivity contribution in [3.05, 3.63) is 59.7 Å². The van der Waals surface area contributed by atoms with Gasteiger partial charge in [-0.3, -0.25) is 9.59 Å². The van der Waals surface area contributed by atoms with Crippen molar-refractivity contribution < 1.29 is 19.1 Å². The molecule has 6 heteroatoms. The highest BCUT2D eigenvalue weighted by Crippen LogP contribution is 2.26. The molecule has 0 saturated carbocycles. The van der Waals surface area contributed by atoms with Crippen LogP contribution in [0, 0.1) is 5.92 Å². The second-order valence-corrected chi connectivity index (χ2v) is 7.31. The third kappa shape index (κ3) is 5.08. The van der Waals surface area contributed by atoms with Crippen LogP contribution in [0.15, 0.2) is 48.5 Å². The number of hydrogen-bond acceptors (Lipinski definition) is 4. The molecule has 1 atom stereocenters. The lowest BCUT2D eigenvalue weighted by atomic mass is 9.94. The summed E-state index contributed by atoms with van der Waals surface area (Å²) in [6, 6.07) is 15.0. The molecule has 1 heterocycles. The molecular weight excluding hydrogens is 368 g/mol. The molecule has 2 aromatic carbocycles. The Morgan fingerprint density at radius 3 is 2.14 bits per heavy atom. The summed E-state index contributed by atoms with van der Waals surface area (Å²) in [4.78, 5) is 27.3. The second-order valence-electron chi connectivity index (χ2n) is 7.31. The SMILES string of the molecule is COc1cc(OC)cc(C(=O)N2CCC(C(=O)N[C@@H](C)c3ccccc3)CC2)c1. The molecule has 2 aromatic rings. The maximum atomic E-state index is 12.9. The van der Waals surface area contributed by atoms with Crippen LogP contribution < -0.4 is 14.8 Å². The largest absolute Gasteiger partial charge is 0.497 e. The van der Waals surface area contributed by atoms with Gasteiger partial charge in [-0.2, -0.15) is 0 Å². The van der Waals surface area contributed by atoms with Crippen molar-refractivity contribution in [1.82, 2.24) is 10.2 Å². The van der Waals surface area contributed by atoms with Gasteiger partial charge < -0.3 is 19.7 Å². The lowest BCUT2D eigenvalue weighted by Gasteiger charge is -2.32. The molecule has 154 valence electrons. The second kappa shape index (κ2) is 9.45. The van der Waals surface area contributed by atoms with Crippen LogP contribution in [-0.4, -0.2) is 44.0 Å². The van der Waals surface area contributed by atoms with Gasteiger partial charge in [-0.25, -0.2) is 0 Å². The van der Waals surface area contributed by atoms with Gasteiger partial charge in [0.1, 0.15) is 11.5 Å². The van der Waals surface area contributed by atoms with Gasteiger partial charge in [-0.1, -0.05) is 30.3 Å². The molecule has 0 unspecified atom stereocenters. The van der Waals surface area contributed by atoms with Crippen LogP contribution in [0.3, 0.4) is 0 Å². The van der Waals surface area contributed by atoms with E-state index in [1.54, 1.807) is 37.3 Å². The first kappa shape index (κ1) is 20.7. The number of benzene rings is 2. The van der Waals surface area contributed by atoms with Crippen LogP contribution in [0.2, 0.25) is 0 Å². The van der Waals surface area contributed by atoms with Crippen molar-refractivity contribution in [1.29, 1.82) is 0 Å². The van der Waals surface area contributed by atoms with E-state index in [0.29, 0.717) is 43.0 Å². The number of hydrogen-bond donors (Lipinski definition) is 1. The number of piperidine rings is 1. The Labute approximate surface area is 171 Å².